The van der Waals surface area contributed by atoms with Crippen molar-refractivity contribution in [3.8, 4) is 5.75 Å². The Morgan fingerprint density at radius 2 is 1.71 bits per heavy atom. The second-order valence-corrected chi connectivity index (χ2v) is 8.50. The average Bonchev–Trinajstić information content (AvgIpc) is 3.24. The second-order valence-electron chi connectivity index (χ2n) is 8.50. The fourth-order valence-electron chi connectivity index (χ4n) is 4.91. The van der Waals surface area contributed by atoms with Crippen LogP contribution >= 0.6 is 0 Å². The molecule has 8 heteroatoms. The first-order chi connectivity index (χ1) is 16.9. The molecule has 0 unspecified atom stereocenters. The number of ether oxygens (including phenoxy) is 2. The van der Waals surface area contributed by atoms with E-state index in [4.69, 9.17) is 9.47 Å². The summed E-state index contributed by atoms with van der Waals surface area (Å²) in [4.78, 5) is 43.9. The summed E-state index contributed by atoms with van der Waals surface area (Å²) in [5.74, 6) is -1.95. The fourth-order valence-corrected chi connectivity index (χ4v) is 4.91. The monoisotopic (exact) mass is 478 g/mol. The van der Waals surface area contributed by atoms with Crippen LogP contribution in [0, 0.1) is 0 Å². The highest BCUT2D eigenvalue weighted by Gasteiger charge is 2.66. The van der Waals surface area contributed by atoms with Crippen molar-refractivity contribution in [2.75, 3.05) is 38.3 Å². The molecule has 0 aliphatic carbocycles. The first-order valence-electron chi connectivity index (χ1n) is 11.9. The first kappa shape index (κ1) is 24.5. The van der Waals surface area contributed by atoms with Gasteiger partial charge >= 0.3 is 0 Å². The summed E-state index contributed by atoms with van der Waals surface area (Å²) in [5, 5.41) is 11.4. The van der Waals surface area contributed by atoms with Gasteiger partial charge in [-0.05, 0) is 43.7 Å². The van der Waals surface area contributed by atoms with Crippen LogP contribution in [0.25, 0.3) is 5.76 Å². The number of aliphatic hydroxyl groups excluding tert-OH is 1. The number of anilines is 1. The summed E-state index contributed by atoms with van der Waals surface area (Å²) in [6.45, 7) is 4.95. The molecule has 0 aromatic heterocycles. The number of benzene rings is 2. The van der Waals surface area contributed by atoms with Crippen molar-refractivity contribution in [2.24, 2.45) is 0 Å². The molecule has 2 aromatic carbocycles. The zero-order valence-corrected chi connectivity index (χ0v) is 20.2. The van der Waals surface area contributed by atoms with Crippen molar-refractivity contribution >= 4 is 29.0 Å². The second kappa shape index (κ2) is 9.92. The van der Waals surface area contributed by atoms with Gasteiger partial charge in [0.1, 0.15) is 11.5 Å². The number of carbonyl (C=O) groups excluding carboxylic acids is 3. The minimum Gasteiger partial charge on any atom is -0.507 e. The molecule has 1 atom stereocenters. The molecule has 1 spiro atoms. The third-order valence-electron chi connectivity index (χ3n) is 6.50. The third kappa shape index (κ3) is 3.78. The lowest BCUT2D eigenvalue weighted by molar-refractivity contribution is -0.144. The summed E-state index contributed by atoms with van der Waals surface area (Å²) in [6.07, 6.45) is 1.62. The molecule has 2 heterocycles. The molecule has 1 N–H and O–H groups in total. The van der Waals surface area contributed by atoms with Crippen molar-refractivity contribution in [2.45, 2.75) is 32.2 Å². The van der Waals surface area contributed by atoms with Gasteiger partial charge in [-0.1, -0.05) is 31.5 Å². The number of carbonyl (C=O) groups is 3. The quantitative estimate of drug-likeness (QED) is 0.337. The molecule has 4 rings (SSSR count). The maximum Gasteiger partial charge on any atom is 0.296 e. The highest BCUT2D eigenvalue weighted by Crippen LogP contribution is 2.53. The van der Waals surface area contributed by atoms with Crippen molar-refractivity contribution in [3.63, 3.8) is 0 Å². The van der Waals surface area contributed by atoms with Gasteiger partial charge in [0.25, 0.3) is 17.6 Å². The lowest BCUT2D eigenvalue weighted by atomic mass is 9.82. The zero-order valence-electron chi connectivity index (χ0n) is 20.2. The van der Waals surface area contributed by atoms with Crippen LogP contribution in [-0.2, 0) is 24.7 Å². The van der Waals surface area contributed by atoms with Gasteiger partial charge < -0.3 is 24.4 Å². The van der Waals surface area contributed by atoms with Gasteiger partial charge in [-0.2, -0.15) is 0 Å². The lowest BCUT2D eigenvalue weighted by Crippen LogP contribution is -2.52. The third-order valence-corrected chi connectivity index (χ3v) is 6.50. The summed E-state index contributed by atoms with van der Waals surface area (Å²) >= 11 is 0. The van der Waals surface area contributed by atoms with Gasteiger partial charge in [-0.15, -0.1) is 0 Å². The summed E-state index contributed by atoms with van der Waals surface area (Å²) in [7, 11) is 1.49. The molecule has 2 amide bonds. The van der Waals surface area contributed by atoms with Crippen molar-refractivity contribution in [1.29, 1.82) is 0 Å². The van der Waals surface area contributed by atoms with E-state index in [0.717, 1.165) is 12.8 Å². The van der Waals surface area contributed by atoms with Crippen LogP contribution in [0.15, 0.2) is 54.1 Å². The highest BCUT2D eigenvalue weighted by atomic mass is 16.5. The SMILES string of the molecule is CCCCN1C(=O)[C@]2(C(=C(O)c3ccc(OCC)cc3)C(=O)C(=O)N2CCOC)c2ccccc21. The molecule has 0 radical (unpaired) electrons. The topological polar surface area (TPSA) is 96.4 Å². The molecule has 2 aliphatic rings. The number of fused-ring (bicyclic) bond motifs is 2. The first-order valence-corrected chi connectivity index (χ1v) is 11.9. The summed E-state index contributed by atoms with van der Waals surface area (Å²) < 4.78 is 10.7. The van der Waals surface area contributed by atoms with E-state index in [1.807, 2.05) is 26.0 Å². The molecule has 2 aliphatic heterocycles. The summed E-state index contributed by atoms with van der Waals surface area (Å²) in [6, 6.07) is 13.7. The van der Waals surface area contributed by atoms with Crippen molar-refractivity contribution in [1.82, 2.24) is 4.90 Å². The summed E-state index contributed by atoms with van der Waals surface area (Å²) in [5.41, 5.74) is -0.537. The Morgan fingerprint density at radius 1 is 1.00 bits per heavy atom. The van der Waals surface area contributed by atoms with Crippen molar-refractivity contribution in [3.05, 3.63) is 65.2 Å². The number of methoxy groups -OCH3 is 1. The molecular formula is C27H30N2O6. The number of ketones is 1. The number of hydrogen-bond acceptors (Lipinski definition) is 6. The Morgan fingerprint density at radius 3 is 2.37 bits per heavy atom. The van der Waals surface area contributed by atoms with Gasteiger partial charge in [-0.3, -0.25) is 14.4 Å². The Bertz CT molecular complexity index is 1170. The molecule has 2 aromatic rings. The standard InChI is InChI=1S/C27H30N2O6/c1-4-6-15-28-21-10-8-7-9-20(21)27(26(28)33)22(24(31)25(32)29(27)16-17-34-3)23(30)18-11-13-19(14-12-18)35-5-2/h7-14,30H,4-6,15-17H2,1-3H3/t27-/m1/s1. The van der Waals surface area contributed by atoms with E-state index in [1.54, 1.807) is 41.3 Å². The number of nitrogens with zero attached hydrogens (tertiary/aromatic N) is 2. The number of likely N-dealkylation sites (tertiary alicyclic amines) is 1. The molecule has 0 saturated carbocycles. The number of hydrogen-bond donors (Lipinski definition) is 1. The number of Topliss-reactive ketones (excluding diaryl/α,β-unsaturated/α-hetero) is 1. The molecule has 184 valence electrons. The van der Waals surface area contributed by atoms with Crippen LogP contribution < -0.4 is 9.64 Å². The largest absolute Gasteiger partial charge is 0.507 e. The van der Waals surface area contributed by atoms with E-state index in [0.29, 0.717) is 35.7 Å². The minimum atomic E-state index is -1.76. The minimum absolute atomic E-state index is 0.0167. The van der Waals surface area contributed by atoms with E-state index in [1.165, 1.54) is 12.0 Å². The van der Waals surface area contributed by atoms with E-state index in [-0.39, 0.29) is 18.7 Å². The highest BCUT2D eigenvalue weighted by molar-refractivity contribution is 6.50. The number of unbranched alkanes of at least 4 members (excludes halogenated alkanes) is 1. The lowest BCUT2D eigenvalue weighted by Gasteiger charge is -2.34. The van der Waals surface area contributed by atoms with Gasteiger partial charge in [0.05, 0.1) is 24.5 Å². The molecule has 0 bridgehead atoms. The predicted octanol–water partition coefficient (Wildman–Crippen LogP) is 3.45. The van der Waals surface area contributed by atoms with Crippen LogP contribution in [0.2, 0.25) is 0 Å². The average molecular weight is 479 g/mol. The predicted molar refractivity (Wildman–Crippen MR) is 131 cm³/mol. The number of rotatable bonds is 9. The van der Waals surface area contributed by atoms with E-state index >= 15 is 0 Å². The fraction of sp³-hybridized carbons (Fsp3) is 0.370. The Balaban J connectivity index is 1.97. The number of amides is 2. The normalized spacial score (nSPS) is 20.7. The van der Waals surface area contributed by atoms with Gasteiger partial charge in [-0.25, -0.2) is 0 Å². The Labute approximate surface area is 204 Å². The molecular weight excluding hydrogens is 448 g/mol. The van der Waals surface area contributed by atoms with Crippen LogP contribution in [0.1, 0.15) is 37.8 Å². The smallest absolute Gasteiger partial charge is 0.296 e. The zero-order chi connectivity index (χ0) is 25.2. The molecule has 1 saturated heterocycles. The van der Waals surface area contributed by atoms with Gasteiger partial charge in [0.15, 0.2) is 5.54 Å². The molecule has 8 nitrogen and oxygen atoms in total. The Kier molecular flexibility index (Phi) is 6.93. The van der Waals surface area contributed by atoms with Crippen LogP contribution in [0.4, 0.5) is 5.69 Å². The van der Waals surface area contributed by atoms with Crippen LogP contribution in [-0.4, -0.2) is 61.0 Å². The molecule has 1 fully saturated rings. The maximum absolute atomic E-state index is 14.2. The van der Waals surface area contributed by atoms with Crippen LogP contribution in [0.3, 0.4) is 0 Å². The number of aliphatic hydroxyl groups is 1. The van der Waals surface area contributed by atoms with Gasteiger partial charge in [0, 0.05) is 31.3 Å². The maximum atomic E-state index is 14.2. The van der Waals surface area contributed by atoms with Crippen molar-refractivity contribution < 1.29 is 29.0 Å². The van der Waals surface area contributed by atoms with E-state index < -0.39 is 28.9 Å². The van der Waals surface area contributed by atoms with E-state index in [2.05, 4.69) is 0 Å². The molecule has 35 heavy (non-hydrogen) atoms. The Hall–Kier alpha value is -3.65. The van der Waals surface area contributed by atoms with Crippen LogP contribution in [0.5, 0.6) is 5.75 Å². The van der Waals surface area contributed by atoms with E-state index in [9.17, 15) is 19.5 Å². The number of para-hydroxylation sites is 1. The van der Waals surface area contributed by atoms with Gasteiger partial charge in [0.2, 0.25) is 0 Å².